The molecule has 0 unspecified atom stereocenters. The van der Waals surface area contributed by atoms with Crippen LogP contribution in [-0.2, 0) is 0 Å². The van der Waals surface area contributed by atoms with Crippen molar-refractivity contribution >= 4 is 30.7 Å². The second-order valence-electron chi connectivity index (χ2n) is 4.52. The van der Waals surface area contributed by atoms with Crippen LogP contribution in [0.5, 0.6) is 0 Å². The highest BCUT2D eigenvalue weighted by Crippen LogP contribution is 2.06. The average Bonchev–Trinajstić information content (AvgIpc) is 2.99. The van der Waals surface area contributed by atoms with Gasteiger partial charge in [0.05, 0.1) is 5.69 Å². The van der Waals surface area contributed by atoms with Gasteiger partial charge in [0.25, 0.3) is 5.91 Å². The quantitative estimate of drug-likeness (QED) is 0.837. The summed E-state index contributed by atoms with van der Waals surface area (Å²) in [7, 11) is 0. The van der Waals surface area contributed by atoms with Gasteiger partial charge in [-0.25, -0.2) is 4.68 Å². The zero-order valence-corrected chi connectivity index (χ0v) is 14.2. The lowest BCUT2D eigenvalue weighted by molar-refractivity contribution is 0.0945. The number of nitrogens with zero attached hydrogens (tertiary/aromatic N) is 3. The van der Waals surface area contributed by atoms with Gasteiger partial charge in [0.1, 0.15) is 5.69 Å². The molecule has 0 fully saturated rings. The van der Waals surface area contributed by atoms with E-state index in [4.69, 9.17) is 0 Å². The van der Waals surface area contributed by atoms with E-state index in [1.165, 1.54) is 0 Å². The van der Waals surface area contributed by atoms with Crippen molar-refractivity contribution in [1.29, 1.82) is 0 Å². The molecule has 0 aromatic carbocycles. The minimum atomic E-state index is -0.177. The number of pyridine rings is 1. The van der Waals surface area contributed by atoms with Gasteiger partial charge >= 0.3 is 0 Å². The van der Waals surface area contributed by atoms with Crippen LogP contribution in [0.4, 0.5) is 0 Å². The van der Waals surface area contributed by atoms with Crippen LogP contribution in [-0.4, -0.2) is 39.8 Å². The molecule has 122 valence electrons. The van der Waals surface area contributed by atoms with Crippen molar-refractivity contribution in [3.05, 3.63) is 42.5 Å². The predicted molar refractivity (Wildman–Crippen MR) is 91.3 cm³/mol. The summed E-state index contributed by atoms with van der Waals surface area (Å²) in [5.74, 6) is -0.177. The first kappa shape index (κ1) is 20.4. The highest BCUT2D eigenvalue weighted by Gasteiger charge is 2.09. The van der Waals surface area contributed by atoms with Gasteiger partial charge in [0.2, 0.25) is 0 Å². The van der Waals surface area contributed by atoms with Crippen LogP contribution in [0.3, 0.4) is 0 Å². The number of amides is 1. The summed E-state index contributed by atoms with van der Waals surface area (Å²) in [6, 6.07) is 5.60. The molecular weight excluding hydrogens is 325 g/mol. The van der Waals surface area contributed by atoms with Crippen molar-refractivity contribution < 1.29 is 4.79 Å². The molecule has 8 heteroatoms. The molecule has 2 rings (SSSR count). The third-order valence-electron chi connectivity index (χ3n) is 2.87. The van der Waals surface area contributed by atoms with E-state index in [1.54, 1.807) is 23.1 Å². The van der Waals surface area contributed by atoms with E-state index < -0.39 is 0 Å². The molecule has 0 aliphatic carbocycles. The fourth-order valence-electron chi connectivity index (χ4n) is 1.86. The fraction of sp³-hybridized carbons (Fsp3) is 0.357. The first-order chi connectivity index (χ1) is 9.70. The molecular formula is C14H21Cl2N5O. The van der Waals surface area contributed by atoms with Crippen molar-refractivity contribution in [2.24, 2.45) is 0 Å². The average molecular weight is 346 g/mol. The Balaban J connectivity index is 0.00000220. The zero-order valence-electron chi connectivity index (χ0n) is 12.5. The highest BCUT2D eigenvalue weighted by molar-refractivity contribution is 5.92. The Hall–Kier alpha value is -1.63. The van der Waals surface area contributed by atoms with E-state index in [2.05, 4.69) is 20.7 Å². The third-order valence-corrected chi connectivity index (χ3v) is 2.87. The van der Waals surface area contributed by atoms with Crippen molar-refractivity contribution in [2.75, 3.05) is 13.1 Å². The monoisotopic (exact) mass is 345 g/mol. The minimum absolute atomic E-state index is 0. The van der Waals surface area contributed by atoms with Crippen LogP contribution < -0.4 is 10.6 Å². The highest BCUT2D eigenvalue weighted by atomic mass is 35.5. The molecule has 0 aliphatic heterocycles. The number of halogens is 2. The zero-order chi connectivity index (χ0) is 14.4. The van der Waals surface area contributed by atoms with Gasteiger partial charge in [-0.2, -0.15) is 5.10 Å². The molecule has 1 atom stereocenters. The molecule has 0 saturated heterocycles. The van der Waals surface area contributed by atoms with E-state index in [-0.39, 0.29) is 36.8 Å². The summed E-state index contributed by atoms with van der Waals surface area (Å²) in [5, 5.41) is 10.2. The van der Waals surface area contributed by atoms with Gasteiger partial charge in [0, 0.05) is 31.2 Å². The molecule has 0 spiro atoms. The first-order valence-corrected chi connectivity index (χ1v) is 6.68. The van der Waals surface area contributed by atoms with Crippen LogP contribution in [0.25, 0.3) is 5.69 Å². The van der Waals surface area contributed by atoms with Crippen LogP contribution in [0.15, 0.2) is 36.8 Å². The smallest absolute Gasteiger partial charge is 0.270 e. The van der Waals surface area contributed by atoms with Crippen molar-refractivity contribution in [2.45, 2.75) is 19.9 Å². The number of carbonyl (C=O) groups excluding carboxylic acids is 1. The number of hydrogen-bond donors (Lipinski definition) is 2. The molecule has 0 aliphatic rings. The number of nitrogens with one attached hydrogen (secondary N) is 2. The van der Waals surface area contributed by atoms with Crippen molar-refractivity contribution in [3.8, 4) is 5.69 Å². The molecule has 0 saturated carbocycles. The lowest BCUT2D eigenvalue weighted by Gasteiger charge is -2.13. The molecule has 2 aromatic heterocycles. The van der Waals surface area contributed by atoms with Crippen LogP contribution >= 0.6 is 24.8 Å². The molecule has 0 bridgehead atoms. The van der Waals surface area contributed by atoms with E-state index >= 15 is 0 Å². The van der Waals surface area contributed by atoms with Gasteiger partial charge in [-0.1, -0.05) is 6.92 Å². The molecule has 1 amide bonds. The maximum atomic E-state index is 12.0. The second-order valence-corrected chi connectivity index (χ2v) is 4.52. The van der Waals surface area contributed by atoms with E-state index in [1.807, 2.05) is 32.2 Å². The number of carbonyl (C=O) groups is 1. The largest absolute Gasteiger partial charge is 0.349 e. The third kappa shape index (κ3) is 5.63. The Kier molecular flexibility index (Phi) is 9.40. The molecule has 0 radical (unpaired) electrons. The van der Waals surface area contributed by atoms with Gasteiger partial charge < -0.3 is 10.6 Å². The molecule has 2 N–H and O–H groups in total. The molecule has 2 heterocycles. The fourth-order valence-corrected chi connectivity index (χ4v) is 1.86. The number of aromatic nitrogens is 3. The SMILES string of the molecule is CCN[C@H](C)CNC(=O)c1cc(-n2cccn2)ccn1.Cl.Cl. The van der Waals surface area contributed by atoms with Crippen molar-refractivity contribution in [3.63, 3.8) is 0 Å². The number of hydrogen-bond acceptors (Lipinski definition) is 4. The van der Waals surface area contributed by atoms with Gasteiger partial charge in [-0.15, -0.1) is 24.8 Å². The maximum Gasteiger partial charge on any atom is 0.270 e. The predicted octanol–water partition coefficient (Wildman–Crippen LogP) is 1.84. The summed E-state index contributed by atoms with van der Waals surface area (Å²) >= 11 is 0. The first-order valence-electron chi connectivity index (χ1n) is 6.68. The van der Waals surface area contributed by atoms with Crippen LogP contribution in [0.2, 0.25) is 0 Å². The minimum Gasteiger partial charge on any atom is -0.349 e. The van der Waals surface area contributed by atoms with Gasteiger partial charge in [-0.05, 0) is 31.7 Å². The second kappa shape index (κ2) is 10.2. The summed E-state index contributed by atoms with van der Waals surface area (Å²) in [6.45, 7) is 5.51. The lowest BCUT2D eigenvalue weighted by Crippen LogP contribution is -2.39. The van der Waals surface area contributed by atoms with Gasteiger partial charge in [0.15, 0.2) is 0 Å². The van der Waals surface area contributed by atoms with Crippen molar-refractivity contribution in [1.82, 2.24) is 25.4 Å². The number of rotatable bonds is 6. The Bertz CT molecular complexity index is 562. The Morgan fingerprint density at radius 3 is 2.77 bits per heavy atom. The topological polar surface area (TPSA) is 71.8 Å². The molecule has 6 nitrogen and oxygen atoms in total. The summed E-state index contributed by atoms with van der Waals surface area (Å²) in [5.41, 5.74) is 1.21. The Morgan fingerprint density at radius 1 is 1.36 bits per heavy atom. The Morgan fingerprint density at radius 2 is 2.14 bits per heavy atom. The summed E-state index contributed by atoms with van der Waals surface area (Å²) in [6.07, 6.45) is 5.13. The summed E-state index contributed by atoms with van der Waals surface area (Å²) in [4.78, 5) is 16.1. The van der Waals surface area contributed by atoms with Gasteiger partial charge in [-0.3, -0.25) is 9.78 Å². The lowest BCUT2D eigenvalue weighted by atomic mass is 10.3. The van der Waals surface area contributed by atoms with Crippen LogP contribution in [0.1, 0.15) is 24.3 Å². The maximum absolute atomic E-state index is 12.0. The normalized spacial score (nSPS) is 11.0. The van der Waals surface area contributed by atoms with E-state index in [9.17, 15) is 4.79 Å². The van der Waals surface area contributed by atoms with E-state index in [0.29, 0.717) is 12.2 Å². The standard InChI is InChI=1S/C14H19N5O.2ClH/c1-3-15-11(2)10-17-14(20)13-9-12(5-7-16-13)19-8-4-6-18-19;;/h4-9,11,15H,3,10H2,1-2H3,(H,17,20);2*1H/t11-;;/m1../s1. The Labute approximate surface area is 142 Å². The number of likely N-dealkylation sites (N-methyl/N-ethyl adjacent to an activating group) is 1. The van der Waals surface area contributed by atoms with Crippen LogP contribution in [0, 0.1) is 0 Å². The summed E-state index contributed by atoms with van der Waals surface area (Å²) < 4.78 is 1.69. The van der Waals surface area contributed by atoms with E-state index in [0.717, 1.165) is 12.2 Å². The molecule has 22 heavy (non-hydrogen) atoms. The molecule has 2 aromatic rings.